The number of esters is 3. The van der Waals surface area contributed by atoms with E-state index in [2.05, 4.69) is 34.6 Å². The minimum atomic E-state index is -0.762. The molecule has 0 saturated carbocycles. The Morgan fingerprint density at radius 3 is 0.778 bits per heavy atom. The molecule has 0 bridgehead atoms. The van der Waals surface area contributed by atoms with E-state index in [1.54, 1.807) is 0 Å². The van der Waals surface area contributed by atoms with Crippen molar-refractivity contribution >= 4 is 17.9 Å². The van der Waals surface area contributed by atoms with Gasteiger partial charge in [-0.3, -0.25) is 14.4 Å². The van der Waals surface area contributed by atoms with Crippen LogP contribution in [-0.4, -0.2) is 37.2 Å². The molecule has 0 aromatic heterocycles. The topological polar surface area (TPSA) is 78.9 Å². The van der Waals surface area contributed by atoms with E-state index in [4.69, 9.17) is 14.2 Å². The highest BCUT2D eigenvalue weighted by Gasteiger charge is 2.19. The van der Waals surface area contributed by atoms with Gasteiger partial charge < -0.3 is 14.2 Å². The zero-order valence-electron chi connectivity index (χ0n) is 43.2. The minimum Gasteiger partial charge on any atom is -0.462 e. The normalized spacial score (nSPS) is 12.0. The first-order valence-corrected chi connectivity index (χ1v) is 28.2. The Kier molecular flexibility index (Phi) is 48.6. The van der Waals surface area contributed by atoms with Crippen LogP contribution in [-0.2, 0) is 28.6 Å². The quantitative estimate of drug-likeness (QED) is 0.0344. The summed E-state index contributed by atoms with van der Waals surface area (Å²) in [6.45, 7) is 11.4. The third kappa shape index (κ3) is 51.3. The molecule has 374 valence electrons. The highest BCUT2D eigenvalue weighted by Crippen LogP contribution is 2.18. The number of ether oxygens (including phenoxy) is 3. The lowest BCUT2D eigenvalue weighted by Crippen LogP contribution is -2.30. The minimum absolute atomic E-state index is 0.0634. The van der Waals surface area contributed by atoms with Gasteiger partial charge in [-0.1, -0.05) is 279 Å². The number of rotatable bonds is 51. The maximum Gasteiger partial charge on any atom is 0.306 e. The molecule has 6 nitrogen and oxygen atoms in total. The molecule has 0 amide bonds. The molecule has 0 fully saturated rings. The number of hydrogen-bond donors (Lipinski definition) is 0. The van der Waals surface area contributed by atoms with Crippen LogP contribution in [0.4, 0.5) is 0 Å². The summed E-state index contributed by atoms with van der Waals surface area (Å²) in [6.07, 6.45) is 52.4. The number of carbonyl (C=O) groups is 3. The van der Waals surface area contributed by atoms with Gasteiger partial charge >= 0.3 is 17.9 Å². The van der Waals surface area contributed by atoms with Crippen LogP contribution in [0.5, 0.6) is 0 Å². The Morgan fingerprint density at radius 1 is 0.302 bits per heavy atom. The maximum atomic E-state index is 12.8. The summed E-state index contributed by atoms with van der Waals surface area (Å²) in [6, 6.07) is 0. The van der Waals surface area contributed by atoms with Crippen molar-refractivity contribution < 1.29 is 28.6 Å². The van der Waals surface area contributed by atoms with E-state index >= 15 is 0 Å². The Hall–Kier alpha value is -1.59. The lowest BCUT2D eigenvalue weighted by molar-refractivity contribution is -0.167. The first-order chi connectivity index (χ1) is 30.7. The van der Waals surface area contributed by atoms with Crippen LogP contribution >= 0.6 is 0 Å². The summed E-state index contributed by atoms with van der Waals surface area (Å²) >= 11 is 0. The van der Waals surface area contributed by atoms with Crippen molar-refractivity contribution in [3.8, 4) is 0 Å². The molecular formula is C57H110O6. The van der Waals surface area contributed by atoms with E-state index in [1.807, 2.05) is 0 Å². The summed E-state index contributed by atoms with van der Waals surface area (Å²) < 4.78 is 16.9. The average molecular weight is 892 g/mol. The second kappa shape index (κ2) is 49.8. The van der Waals surface area contributed by atoms with E-state index in [0.29, 0.717) is 19.3 Å². The van der Waals surface area contributed by atoms with Gasteiger partial charge in [0.1, 0.15) is 13.2 Å². The van der Waals surface area contributed by atoms with Crippen LogP contribution in [0.15, 0.2) is 0 Å². The zero-order valence-corrected chi connectivity index (χ0v) is 43.2. The summed E-state index contributed by atoms with van der Waals surface area (Å²) in [5.74, 6) is 0.794. The fraction of sp³-hybridized carbons (Fsp3) is 0.947. The molecule has 0 aliphatic rings. The summed E-state index contributed by atoms with van der Waals surface area (Å²) in [7, 11) is 0. The average Bonchev–Trinajstić information content (AvgIpc) is 3.25. The van der Waals surface area contributed by atoms with Gasteiger partial charge in [0.25, 0.3) is 0 Å². The lowest BCUT2D eigenvalue weighted by Gasteiger charge is -2.18. The number of carbonyl (C=O) groups excluding carboxylic acids is 3. The Morgan fingerprint density at radius 2 is 0.524 bits per heavy atom. The molecule has 0 aliphatic heterocycles. The van der Waals surface area contributed by atoms with Crippen LogP contribution in [0.2, 0.25) is 0 Å². The molecule has 0 aromatic rings. The highest BCUT2D eigenvalue weighted by atomic mass is 16.6. The van der Waals surface area contributed by atoms with Crippen molar-refractivity contribution in [1.29, 1.82) is 0 Å². The second-order valence-electron chi connectivity index (χ2n) is 20.5. The van der Waals surface area contributed by atoms with Gasteiger partial charge in [0.15, 0.2) is 6.10 Å². The highest BCUT2D eigenvalue weighted by molar-refractivity contribution is 5.71. The van der Waals surface area contributed by atoms with E-state index in [9.17, 15) is 14.4 Å². The van der Waals surface area contributed by atoms with Crippen LogP contribution < -0.4 is 0 Å². The van der Waals surface area contributed by atoms with Crippen molar-refractivity contribution in [1.82, 2.24) is 0 Å². The molecule has 0 unspecified atom stereocenters. The fourth-order valence-corrected chi connectivity index (χ4v) is 8.70. The summed E-state index contributed by atoms with van der Waals surface area (Å²) in [5, 5.41) is 0. The van der Waals surface area contributed by atoms with E-state index < -0.39 is 6.10 Å². The molecule has 63 heavy (non-hydrogen) atoms. The lowest BCUT2D eigenvalue weighted by atomic mass is 10.0. The standard InChI is InChI=1S/C57H110O6/c1-6-7-8-9-10-11-12-13-14-15-16-20-23-26-32-37-42-47-55(58)61-50-54(63-57(60)49-44-39-34-29-28-31-36-41-46-53(4)5)51-62-56(59)48-43-38-33-27-24-21-18-17-19-22-25-30-35-40-45-52(2)3/h52-54H,6-51H2,1-5H3/t54-/m0/s1. The number of hydrogen-bond acceptors (Lipinski definition) is 6. The van der Waals surface area contributed by atoms with Crippen LogP contribution in [0.25, 0.3) is 0 Å². The molecule has 0 saturated heterocycles. The van der Waals surface area contributed by atoms with Gasteiger partial charge in [-0.25, -0.2) is 0 Å². The number of unbranched alkanes of at least 4 members (excludes halogenated alkanes) is 36. The Bertz CT molecular complexity index is 962. The Labute approximate surface area is 393 Å². The summed E-state index contributed by atoms with van der Waals surface area (Å²) in [5.41, 5.74) is 0. The third-order valence-corrected chi connectivity index (χ3v) is 13.0. The van der Waals surface area contributed by atoms with Gasteiger partial charge in [0.05, 0.1) is 0 Å². The molecule has 0 radical (unpaired) electrons. The first-order valence-electron chi connectivity index (χ1n) is 28.2. The van der Waals surface area contributed by atoms with Gasteiger partial charge in [-0.2, -0.15) is 0 Å². The molecular weight excluding hydrogens is 781 g/mol. The third-order valence-electron chi connectivity index (χ3n) is 13.0. The van der Waals surface area contributed by atoms with Crippen molar-refractivity contribution in [2.75, 3.05) is 13.2 Å². The smallest absolute Gasteiger partial charge is 0.306 e. The van der Waals surface area contributed by atoms with Crippen molar-refractivity contribution in [3.05, 3.63) is 0 Å². The van der Waals surface area contributed by atoms with Crippen LogP contribution in [0.3, 0.4) is 0 Å². The molecule has 6 heteroatoms. The molecule has 1 atom stereocenters. The largest absolute Gasteiger partial charge is 0.462 e. The molecule has 0 aliphatic carbocycles. The van der Waals surface area contributed by atoms with Gasteiger partial charge in [0.2, 0.25) is 0 Å². The first kappa shape index (κ1) is 61.4. The van der Waals surface area contributed by atoms with Gasteiger partial charge in [-0.15, -0.1) is 0 Å². The fourth-order valence-electron chi connectivity index (χ4n) is 8.70. The molecule has 0 N–H and O–H groups in total. The van der Waals surface area contributed by atoms with Crippen molar-refractivity contribution in [3.63, 3.8) is 0 Å². The van der Waals surface area contributed by atoms with E-state index in [0.717, 1.165) is 69.6 Å². The second-order valence-corrected chi connectivity index (χ2v) is 20.5. The van der Waals surface area contributed by atoms with Gasteiger partial charge in [0, 0.05) is 19.3 Å². The van der Waals surface area contributed by atoms with E-state index in [1.165, 1.54) is 205 Å². The van der Waals surface area contributed by atoms with Crippen LogP contribution in [0.1, 0.15) is 317 Å². The van der Waals surface area contributed by atoms with Crippen LogP contribution in [0, 0.1) is 11.8 Å². The predicted octanol–water partition coefficient (Wildman–Crippen LogP) is 18.5. The molecule has 0 heterocycles. The monoisotopic (exact) mass is 891 g/mol. The maximum absolute atomic E-state index is 12.8. The zero-order chi connectivity index (χ0) is 46.1. The molecule has 0 rings (SSSR count). The van der Waals surface area contributed by atoms with Crippen molar-refractivity contribution in [2.45, 2.75) is 323 Å². The molecule has 0 spiro atoms. The summed E-state index contributed by atoms with van der Waals surface area (Å²) in [4.78, 5) is 38.1. The van der Waals surface area contributed by atoms with E-state index in [-0.39, 0.29) is 31.1 Å². The Balaban J connectivity index is 4.25. The predicted molar refractivity (Wildman–Crippen MR) is 270 cm³/mol. The van der Waals surface area contributed by atoms with Crippen molar-refractivity contribution in [2.24, 2.45) is 11.8 Å². The van der Waals surface area contributed by atoms with Gasteiger partial charge in [-0.05, 0) is 31.1 Å². The SMILES string of the molecule is CCCCCCCCCCCCCCCCCCCC(=O)OC[C@@H](COC(=O)CCCCCCCCCCCCCCCCC(C)C)OC(=O)CCCCCCCCCCC(C)C. The molecule has 0 aromatic carbocycles.